The Kier molecular flexibility index (Phi) is 4.79. The Morgan fingerprint density at radius 2 is 1.80 bits per heavy atom. The number of nitrogens with one attached hydrogen (secondary N) is 3. The molecule has 128 valence electrons. The van der Waals surface area contributed by atoms with Gasteiger partial charge in [0.15, 0.2) is 0 Å². The van der Waals surface area contributed by atoms with Gasteiger partial charge in [0.1, 0.15) is 6.04 Å². The van der Waals surface area contributed by atoms with E-state index >= 15 is 0 Å². The van der Waals surface area contributed by atoms with Crippen LogP contribution in [0.2, 0.25) is 0 Å². The van der Waals surface area contributed by atoms with Crippen LogP contribution in [0.4, 0.5) is 10.5 Å². The zero-order valence-electron chi connectivity index (χ0n) is 13.8. The Balaban J connectivity index is 1.56. The van der Waals surface area contributed by atoms with Crippen molar-refractivity contribution in [1.29, 1.82) is 0 Å². The number of imide groups is 1. The van der Waals surface area contributed by atoms with Crippen LogP contribution in [0.5, 0.6) is 0 Å². The second kappa shape index (κ2) is 7.17. The van der Waals surface area contributed by atoms with Crippen molar-refractivity contribution >= 4 is 23.5 Å². The molecule has 6 heteroatoms. The minimum atomic E-state index is -0.682. The molecule has 1 saturated heterocycles. The first-order valence-electron chi connectivity index (χ1n) is 8.08. The van der Waals surface area contributed by atoms with Crippen molar-refractivity contribution < 1.29 is 14.4 Å². The average Bonchev–Trinajstić information content (AvgIpc) is 2.93. The molecule has 1 aliphatic heterocycles. The molecular formula is C19H19N3O3. The molecule has 0 aromatic heterocycles. The van der Waals surface area contributed by atoms with Gasteiger partial charge in [-0.05, 0) is 42.2 Å². The van der Waals surface area contributed by atoms with E-state index in [1.54, 1.807) is 24.3 Å². The summed E-state index contributed by atoms with van der Waals surface area (Å²) in [6, 6.07) is 13.7. The van der Waals surface area contributed by atoms with Gasteiger partial charge in [0.05, 0.1) is 0 Å². The first-order chi connectivity index (χ1) is 12.0. The van der Waals surface area contributed by atoms with E-state index in [0.717, 1.165) is 5.56 Å². The minimum absolute atomic E-state index is 0.0667. The highest BCUT2D eigenvalue weighted by Gasteiger charge is 2.30. The van der Waals surface area contributed by atoms with Gasteiger partial charge in [-0.3, -0.25) is 14.9 Å². The monoisotopic (exact) mass is 337 g/mol. The summed E-state index contributed by atoms with van der Waals surface area (Å²) in [7, 11) is 0. The molecule has 0 spiro atoms. The van der Waals surface area contributed by atoms with Crippen molar-refractivity contribution in [1.82, 2.24) is 10.6 Å². The molecule has 0 bridgehead atoms. The molecule has 3 N–H and O–H groups in total. The fourth-order valence-corrected chi connectivity index (χ4v) is 2.77. The minimum Gasteiger partial charge on any atom is -0.326 e. The molecule has 1 heterocycles. The number of hydrogen-bond acceptors (Lipinski definition) is 3. The highest BCUT2D eigenvalue weighted by molar-refractivity contribution is 6.04. The Hall–Kier alpha value is -3.15. The third-order valence-electron chi connectivity index (χ3n) is 4.18. The predicted molar refractivity (Wildman–Crippen MR) is 94.0 cm³/mol. The van der Waals surface area contributed by atoms with Gasteiger partial charge in [0, 0.05) is 12.1 Å². The second-order valence-corrected chi connectivity index (χ2v) is 5.99. The average molecular weight is 337 g/mol. The van der Waals surface area contributed by atoms with Crippen LogP contribution in [-0.4, -0.2) is 17.8 Å². The lowest BCUT2D eigenvalue weighted by molar-refractivity contribution is -0.120. The van der Waals surface area contributed by atoms with Gasteiger partial charge >= 0.3 is 6.03 Å². The normalized spacial score (nSPS) is 16.3. The standard InChI is InChI=1S/C19H19N3O3/c1-12-4-2-3-5-13(12)8-11-16(23)20-15-9-6-14(7-10-15)17-18(24)22-19(25)21-17/h2-7,9-10,17H,8,11H2,1H3,(H,20,23)(H2,21,22,24,25). The van der Waals surface area contributed by atoms with Gasteiger partial charge < -0.3 is 10.6 Å². The lowest BCUT2D eigenvalue weighted by atomic mass is 10.0. The molecule has 6 nitrogen and oxygen atoms in total. The zero-order chi connectivity index (χ0) is 17.8. The van der Waals surface area contributed by atoms with Gasteiger partial charge in [-0.1, -0.05) is 36.4 Å². The molecule has 2 aromatic rings. The Morgan fingerprint density at radius 3 is 2.44 bits per heavy atom. The molecule has 2 aromatic carbocycles. The molecule has 1 aliphatic rings. The Bertz CT molecular complexity index is 815. The first-order valence-corrected chi connectivity index (χ1v) is 8.08. The first kappa shape index (κ1) is 16.7. The molecule has 0 radical (unpaired) electrons. The highest BCUT2D eigenvalue weighted by atomic mass is 16.2. The molecule has 1 atom stereocenters. The second-order valence-electron chi connectivity index (χ2n) is 5.99. The Labute approximate surface area is 145 Å². The summed E-state index contributed by atoms with van der Waals surface area (Å²) in [5.74, 6) is -0.442. The van der Waals surface area contributed by atoms with Crippen LogP contribution >= 0.6 is 0 Å². The number of amides is 4. The summed E-state index contributed by atoms with van der Waals surface area (Å²) in [6.45, 7) is 2.03. The van der Waals surface area contributed by atoms with Crippen molar-refractivity contribution in [3.63, 3.8) is 0 Å². The van der Waals surface area contributed by atoms with Crippen LogP contribution in [0.25, 0.3) is 0 Å². The fraction of sp³-hybridized carbons (Fsp3) is 0.211. The van der Waals surface area contributed by atoms with Crippen LogP contribution in [0.1, 0.15) is 29.2 Å². The predicted octanol–water partition coefficient (Wildman–Crippen LogP) is 2.45. The molecule has 4 amide bonds. The third-order valence-corrected chi connectivity index (χ3v) is 4.18. The quantitative estimate of drug-likeness (QED) is 0.732. The van der Waals surface area contributed by atoms with Crippen LogP contribution < -0.4 is 16.0 Å². The summed E-state index contributed by atoms with van der Waals surface area (Å²) in [4.78, 5) is 34.9. The third kappa shape index (κ3) is 4.03. The maximum atomic E-state index is 12.1. The molecule has 0 saturated carbocycles. The zero-order valence-corrected chi connectivity index (χ0v) is 13.8. The lowest BCUT2D eigenvalue weighted by Gasteiger charge is -2.10. The van der Waals surface area contributed by atoms with E-state index in [2.05, 4.69) is 16.0 Å². The molecule has 0 aliphatic carbocycles. The number of anilines is 1. The van der Waals surface area contributed by atoms with Gasteiger partial charge in [0.2, 0.25) is 5.91 Å². The van der Waals surface area contributed by atoms with E-state index in [9.17, 15) is 14.4 Å². The number of hydrogen-bond donors (Lipinski definition) is 3. The number of benzene rings is 2. The van der Waals surface area contributed by atoms with Crippen molar-refractivity contribution in [2.75, 3.05) is 5.32 Å². The van der Waals surface area contributed by atoms with Crippen LogP contribution in [-0.2, 0) is 16.0 Å². The van der Waals surface area contributed by atoms with Crippen molar-refractivity contribution in [2.24, 2.45) is 0 Å². The maximum absolute atomic E-state index is 12.1. The topological polar surface area (TPSA) is 87.3 Å². The fourth-order valence-electron chi connectivity index (χ4n) is 2.77. The summed E-state index contributed by atoms with van der Waals surface area (Å²) in [6.07, 6.45) is 1.08. The van der Waals surface area contributed by atoms with E-state index in [-0.39, 0.29) is 11.8 Å². The summed E-state index contributed by atoms with van der Waals surface area (Å²) < 4.78 is 0. The number of aryl methyl sites for hydroxylation is 2. The molecular weight excluding hydrogens is 318 g/mol. The summed E-state index contributed by atoms with van der Waals surface area (Å²) in [5.41, 5.74) is 3.66. The van der Waals surface area contributed by atoms with Crippen molar-refractivity contribution in [3.8, 4) is 0 Å². The molecule has 3 rings (SSSR count). The largest absolute Gasteiger partial charge is 0.326 e. The van der Waals surface area contributed by atoms with E-state index in [1.165, 1.54) is 5.56 Å². The number of carbonyl (C=O) groups is 3. The van der Waals surface area contributed by atoms with Gasteiger partial charge in [-0.2, -0.15) is 0 Å². The summed E-state index contributed by atoms with van der Waals surface area (Å²) in [5, 5.41) is 7.57. The number of urea groups is 1. The maximum Gasteiger partial charge on any atom is 0.322 e. The number of rotatable bonds is 5. The molecule has 1 unspecified atom stereocenters. The number of carbonyl (C=O) groups excluding carboxylic acids is 3. The van der Waals surface area contributed by atoms with Gasteiger partial charge in [-0.25, -0.2) is 4.79 Å². The van der Waals surface area contributed by atoms with Crippen LogP contribution in [0, 0.1) is 6.92 Å². The van der Waals surface area contributed by atoms with Crippen molar-refractivity contribution in [3.05, 3.63) is 65.2 Å². The van der Waals surface area contributed by atoms with Crippen molar-refractivity contribution in [2.45, 2.75) is 25.8 Å². The van der Waals surface area contributed by atoms with E-state index < -0.39 is 12.1 Å². The SMILES string of the molecule is Cc1ccccc1CCC(=O)Nc1ccc(C2NC(=O)NC2=O)cc1. The van der Waals surface area contributed by atoms with Crippen LogP contribution in [0.3, 0.4) is 0 Å². The summed E-state index contributed by atoms with van der Waals surface area (Å²) >= 11 is 0. The van der Waals surface area contributed by atoms with E-state index in [1.807, 2.05) is 31.2 Å². The Morgan fingerprint density at radius 1 is 1.08 bits per heavy atom. The molecule has 25 heavy (non-hydrogen) atoms. The lowest BCUT2D eigenvalue weighted by Crippen LogP contribution is -2.22. The smallest absolute Gasteiger partial charge is 0.322 e. The van der Waals surface area contributed by atoms with Gasteiger partial charge in [0.25, 0.3) is 5.91 Å². The molecule has 1 fully saturated rings. The van der Waals surface area contributed by atoms with E-state index in [0.29, 0.717) is 24.1 Å². The highest BCUT2D eigenvalue weighted by Crippen LogP contribution is 2.19. The van der Waals surface area contributed by atoms with Crippen LogP contribution in [0.15, 0.2) is 48.5 Å². The van der Waals surface area contributed by atoms with Gasteiger partial charge in [-0.15, -0.1) is 0 Å². The van der Waals surface area contributed by atoms with E-state index in [4.69, 9.17) is 0 Å².